The van der Waals surface area contributed by atoms with Gasteiger partial charge in [0.25, 0.3) is 0 Å². The predicted octanol–water partition coefficient (Wildman–Crippen LogP) is 3.34. The topological polar surface area (TPSA) is 124 Å². The molecule has 2 rings (SSSR count). The molecule has 0 unspecified atom stereocenters. The quantitative estimate of drug-likeness (QED) is 0.0919. The van der Waals surface area contributed by atoms with Crippen LogP contribution in [0.2, 0.25) is 0 Å². The molecule has 0 bridgehead atoms. The number of alkyl halides is 3. The van der Waals surface area contributed by atoms with Gasteiger partial charge in [-0.05, 0) is 26.7 Å². The average Bonchev–Trinajstić information content (AvgIpc) is 3.19. The number of halogens is 3. The smallest absolute Gasteiger partial charge is 0.469 e. The van der Waals surface area contributed by atoms with Crippen LogP contribution in [-0.4, -0.2) is 60.1 Å². The number of cyclic esters (lactones) is 1. The van der Waals surface area contributed by atoms with E-state index in [4.69, 9.17) is 18.9 Å². The van der Waals surface area contributed by atoms with Crippen LogP contribution in [0.25, 0.3) is 0 Å². The molecule has 0 N–H and O–H groups in total. The van der Waals surface area contributed by atoms with E-state index >= 15 is 0 Å². The molecule has 0 aromatic heterocycles. The van der Waals surface area contributed by atoms with Crippen LogP contribution in [0.15, 0.2) is 11.6 Å². The second kappa shape index (κ2) is 12.4. The number of ether oxygens (including phenoxy) is 5. The molecule has 0 saturated carbocycles. The highest BCUT2D eigenvalue weighted by molar-refractivity contribution is 7.88. The van der Waals surface area contributed by atoms with E-state index in [-0.39, 0.29) is 67.1 Å². The summed E-state index contributed by atoms with van der Waals surface area (Å²) in [6.07, 6.45) is 1.68. The van der Waals surface area contributed by atoms with Crippen molar-refractivity contribution in [1.82, 2.24) is 0 Å². The number of hydrogen-bond donors (Lipinski definition) is 0. The van der Waals surface area contributed by atoms with Crippen molar-refractivity contribution in [1.29, 1.82) is 0 Å². The first kappa shape index (κ1) is 29.4. The standard InChI is InChI=1S/C22H27F3O10S/c1-13(6-8-17(26)31-4)5-7-15-19(35-36(28,29)22(23,24)25)14(2)16-11-33-21(27)18(16)20(15)34-12-32-10-9-30-3/h5H,6-12H2,1-4H3/b13-5+. The van der Waals surface area contributed by atoms with Crippen molar-refractivity contribution in [3.05, 3.63) is 33.9 Å². The molecule has 10 nitrogen and oxygen atoms in total. The fourth-order valence-electron chi connectivity index (χ4n) is 3.24. The van der Waals surface area contributed by atoms with Gasteiger partial charge in [-0.2, -0.15) is 21.6 Å². The number of fused-ring (bicyclic) bond motifs is 1. The van der Waals surface area contributed by atoms with Gasteiger partial charge in [0.15, 0.2) is 12.5 Å². The van der Waals surface area contributed by atoms with Gasteiger partial charge in [0, 0.05) is 30.2 Å². The molecule has 1 aromatic rings. The van der Waals surface area contributed by atoms with Gasteiger partial charge < -0.3 is 27.9 Å². The summed E-state index contributed by atoms with van der Waals surface area (Å²) in [5.74, 6) is -2.11. The molecule has 0 radical (unpaired) electrons. The lowest BCUT2D eigenvalue weighted by molar-refractivity contribution is -0.140. The minimum absolute atomic E-state index is 0.0214. The Morgan fingerprint density at radius 3 is 2.44 bits per heavy atom. The normalized spacial score (nSPS) is 13.9. The number of rotatable bonds is 13. The molecule has 1 heterocycles. The maximum atomic E-state index is 13.2. The van der Waals surface area contributed by atoms with E-state index in [1.165, 1.54) is 21.1 Å². The van der Waals surface area contributed by atoms with Gasteiger partial charge in [-0.15, -0.1) is 0 Å². The minimum Gasteiger partial charge on any atom is -0.469 e. The molecule has 1 aromatic carbocycles. The Balaban J connectivity index is 2.59. The van der Waals surface area contributed by atoms with Crippen molar-refractivity contribution in [3.8, 4) is 11.5 Å². The van der Waals surface area contributed by atoms with E-state index in [1.807, 2.05) is 0 Å². The second-order valence-electron chi connectivity index (χ2n) is 7.67. The first-order valence-electron chi connectivity index (χ1n) is 10.6. The minimum atomic E-state index is -6.05. The van der Waals surface area contributed by atoms with Gasteiger partial charge >= 0.3 is 27.6 Å². The molecule has 0 aliphatic carbocycles. The van der Waals surface area contributed by atoms with Crippen molar-refractivity contribution in [3.63, 3.8) is 0 Å². The highest BCUT2D eigenvalue weighted by Gasteiger charge is 2.49. The Kier molecular flexibility index (Phi) is 10.1. The van der Waals surface area contributed by atoms with Crippen LogP contribution < -0.4 is 8.92 Å². The molecule has 0 atom stereocenters. The summed E-state index contributed by atoms with van der Waals surface area (Å²) in [5.41, 5.74) is -5.13. The average molecular weight is 541 g/mol. The lowest BCUT2D eigenvalue weighted by Crippen LogP contribution is -2.29. The molecule has 0 fully saturated rings. The molecule has 0 saturated heterocycles. The fraction of sp³-hybridized carbons (Fsp3) is 0.545. The van der Waals surface area contributed by atoms with Crippen LogP contribution in [0, 0.1) is 6.92 Å². The molecule has 1 aliphatic rings. The zero-order valence-corrected chi connectivity index (χ0v) is 21.0. The van der Waals surface area contributed by atoms with Gasteiger partial charge in [-0.25, -0.2) is 4.79 Å². The van der Waals surface area contributed by atoms with E-state index < -0.39 is 40.1 Å². The third-order valence-electron chi connectivity index (χ3n) is 5.22. The first-order valence-corrected chi connectivity index (χ1v) is 12.0. The Bertz CT molecular complexity index is 1110. The van der Waals surface area contributed by atoms with Crippen LogP contribution in [0.1, 0.15) is 46.8 Å². The van der Waals surface area contributed by atoms with E-state index in [1.54, 1.807) is 13.0 Å². The number of carbonyl (C=O) groups excluding carboxylic acids is 2. The summed E-state index contributed by atoms with van der Waals surface area (Å²) in [7, 11) is -3.37. The number of hydrogen-bond acceptors (Lipinski definition) is 10. The first-order chi connectivity index (χ1) is 16.8. The number of carbonyl (C=O) groups is 2. The van der Waals surface area contributed by atoms with E-state index in [0.29, 0.717) is 5.57 Å². The van der Waals surface area contributed by atoms with Crippen molar-refractivity contribution >= 4 is 22.1 Å². The zero-order valence-electron chi connectivity index (χ0n) is 20.2. The Morgan fingerprint density at radius 1 is 1.14 bits per heavy atom. The van der Waals surface area contributed by atoms with Gasteiger partial charge in [-0.3, -0.25) is 4.79 Å². The summed E-state index contributed by atoms with van der Waals surface area (Å²) in [4.78, 5) is 23.9. The number of benzene rings is 1. The molecule has 14 heteroatoms. The number of allylic oxidation sites excluding steroid dienone is 2. The summed E-state index contributed by atoms with van der Waals surface area (Å²) in [6.45, 7) is 2.59. The largest absolute Gasteiger partial charge is 0.534 e. The molecule has 36 heavy (non-hydrogen) atoms. The van der Waals surface area contributed by atoms with Gasteiger partial charge in [-0.1, -0.05) is 11.6 Å². The summed E-state index contributed by atoms with van der Waals surface area (Å²) in [6, 6.07) is 0. The van der Waals surface area contributed by atoms with Gasteiger partial charge in [0.05, 0.1) is 20.3 Å². The SMILES string of the molecule is COCCOCOc1c(C/C=C(\C)CCC(=O)OC)c(OS(=O)(=O)C(F)(F)F)c(C)c2c1C(=O)OC2. The van der Waals surface area contributed by atoms with Crippen molar-refractivity contribution in [2.45, 2.75) is 45.2 Å². The van der Waals surface area contributed by atoms with Crippen LogP contribution in [-0.2, 0) is 46.9 Å². The predicted molar refractivity (Wildman–Crippen MR) is 118 cm³/mol. The monoisotopic (exact) mass is 540 g/mol. The molecular weight excluding hydrogens is 513 g/mol. The van der Waals surface area contributed by atoms with E-state index in [2.05, 4.69) is 8.92 Å². The maximum absolute atomic E-state index is 13.2. The third-order valence-corrected chi connectivity index (χ3v) is 6.18. The second-order valence-corrected chi connectivity index (χ2v) is 9.21. The van der Waals surface area contributed by atoms with Gasteiger partial charge in [0.2, 0.25) is 0 Å². The molecule has 1 aliphatic heterocycles. The zero-order chi connectivity index (χ0) is 27.1. The molecular formula is C22H27F3O10S. The molecule has 202 valence electrons. The Hall–Kier alpha value is -2.84. The van der Waals surface area contributed by atoms with E-state index in [0.717, 1.165) is 0 Å². The lowest BCUT2D eigenvalue weighted by atomic mass is 9.94. The van der Waals surface area contributed by atoms with Crippen LogP contribution in [0.3, 0.4) is 0 Å². The Labute approximate surface area is 206 Å². The van der Waals surface area contributed by atoms with Crippen LogP contribution in [0.4, 0.5) is 13.2 Å². The molecule has 0 spiro atoms. The summed E-state index contributed by atoms with van der Waals surface area (Å²) >= 11 is 0. The van der Waals surface area contributed by atoms with Crippen LogP contribution >= 0.6 is 0 Å². The molecule has 0 amide bonds. The summed E-state index contributed by atoms with van der Waals surface area (Å²) < 4.78 is 93.1. The van der Waals surface area contributed by atoms with Crippen molar-refractivity contribution < 1.29 is 59.0 Å². The lowest BCUT2D eigenvalue weighted by Gasteiger charge is -2.21. The Morgan fingerprint density at radius 2 is 1.83 bits per heavy atom. The fourth-order valence-corrected chi connectivity index (χ4v) is 3.78. The van der Waals surface area contributed by atoms with Gasteiger partial charge in [0.1, 0.15) is 17.9 Å². The maximum Gasteiger partial charge on any atom is 0.534 e. The highest BCUT2D eigenvalue weighted by atomic mass is 32.2. The number of methoxy groups -OCH3 is 2. The summed E-state index contributed by atoms with van der Waals surface area (Å²) in [5, 5.41) is 0. The number of esters is 2. The van der Waals surface area contributed by atoms with Crippen LogP contribution in [0.5, 0.6) is 11.5 Å². The highest BCUT2D eigenvalue weighted by Crippen LogP contribution is 2.44. The van der Waals surface area contributed by atoms with Crippen molar-refractivity contribution in [2.24, 2.45) is 0 Å². The third kappa shape index (κ3) is 7.11. The van der Waals surface area contributed by atoms with E-state index in [9.17, 15) is 31.2 Å². The van der Waals surface area contributed by atoms with Crippen molar-refractivity contribution in [2.75, 3.05) is 34.2 Å².